The number of benzene rings is 1. The molecular weight excluding hydrogens is 406 g/mol. The van der Waals surface area contributed by atoms with E-state index in [2.05, 4.69) is 9.88 Å². The summed E-state index contributed by atoms with van der Waals surface area (Å²) in [6.07, 6.45) is 7.05. The zero-order valence-electron chi connectivity index (χ0n) is 18.8. The molecule has 2 fully saturated rings. The highest BCUT2D eigenvalue weighted by molar-refractivity contribution is 5.99. The first-order valence-corrected chi connectivity index (χ1v) is 11.5. The Morgan fingerprint density at radius 3 is 2.50 bits per heavy atom. The van der Waals surface area contributed by atoms with Crippen molar-refractivity contribution >= 4 is 11.7 Å². The first kappa shape index (κ1) is 22.5. The highest BCUT2D eigenvalue weighted by Crippen LogP contribution is 2.32. The third-order valence-electron chi connectivity index (χ3n) is 6.16. The molecule has 1 amide bonds. The number of hydrogen-bond acceptors (Lipinski definition) is 6. The van der Waals surface area contributed by atoms with Crippen molar-refractivity contribution in [2.75, 3.05) is 39.3 Å². The summed E-state index contributed by atoms with van der Waals surface area (Å²) in [5.74, 6) is 1.30. The average Bonchev–Trinajstić information content (AvgIpc) is 3.58. The summed E-state index contributed by atoms with van der Waals surface area (Å²) in [7, 11) is 1.90. The molecule has 1 aliphatic heterocycles. The molecule has 2 N–H and O–H groups in total. The van der Waals surface area contributed by atoms with Crippen LogP contribution in [0.25, 0.3) is 0 Å². The number of piperazine rings is 1. The second-order valence-corrected chi connectivity index (χ2v) is 8.87. The predicted molar refractivity (Wildman–Crippen MR) is 122 cm³/mol. The van der Waals surface area contributed by atoms with Crippen LogP contribution in [0.2, 0.25) is 0 Å². The van der Waals surface area contributed by atoms with E-state index in [-0.39, 0.29) is 17.6 Å². The average molecular weight is 440 g/mol. The van der Waals surface area contributed by atoms with Crippen molar-refractivity contribution in [3.05, 3.63) is 48.0 Å². The fraction of sp³-hybridized carbons (Fsp3) is 0.542. The summed E-state index contributed by atoms with van der Waals surface area (Å²) in [5, 5.41) is 0. The molecule has 1 saturated heterocycles. The van der Waals surface area contributed by atoms with Crippen LogP contribution in [0.5, 0.6) is 5.75 Å². The highest BCUT2D eigenvalue weighted by atomic mass is 16.5. The fourth-order valence-corrected chi connectivity index (χ4v) is 4.09. The van der Waals surface area contributed by atoms with Gasteiger partial charge in [0.1, 0.15) is 5.75 Å². The van der Waals surface area contributed by atoms with E-state index in [1.54, 1.807) is 6.33 Å². The van der Waals surface area contributed by atoms with Crippen molar-refractivity contribution in [3.8, 4) is 5.75 Å². The normalized spacial score (nSPS) is 17.9. The zero-order valence-corrected chi connectivity index (χ0v) is 18.8. The maximum Gasteiger partial charge on any atom is 0.239 e. The standard InChI is InChI=1S/C24H33N5O3/c1-27-16-20(26-17-27)15-22(25)24(31)29-12-10-28(11-13-29)9-2-14-32-21-7-5-19(6-8-21)23(30)18-3-4-18/h5-8,16-18,22H,2-4,9-15,25H2,1H3/t22-/m1/s1. The third kappa shape index (κ3) is 5.95. The van der Waals surface area contributed by atoms with Crippen LogP contribution in [0.15, 0.2) is 36.8 Å². The number of nitrogens with zero attached hydrogens (tertiary/aromatic N) is 4. The zero-order chi connectivity index (χ0) is 22.5. The van der Waals surface area contributed by atoms with Gasteiger partial charge in [-0.1, -0.05) is 0 Å². The second kappa shape index (κ2) is 10.3. The molecule has 1 atom stereocenters. The molecule has 4 rings (SSSR count). The van der Waals surface area contributed by atoms with Gasteiger partial charge in [0, 0.05) is 63.9 Å². The van der Waals surface area contributed by atoms with Crippen LogP contribution >= 0.6 is 0 Å². The number of hydrogen-bond donors (Lipinski definition) is 1. The van der Waals surface area contributed by atoms with E-state index in [0.717, 1.165) is 55.9 Å². The molecule has 0 radical (unpaired) electrons. The lowest BCUT2D eigenvalue weighted by molar-refractivity contribution is -0.134. The van der Waals surface area contributed by atoms with Crippen molar-refractivity contribution in [2.24, 2.45) is 18.7 Å². The van der Waals surface area contributed by atoms with E-state index in [0.29, 0.717) is 26.1 Å². The van der Waals surface area contributed by atoms with Crippen LogP contribution in [0.4, 0.5) is 0 Å². The minimum absolute atomic E-state index is 0.00208. The molecular formula is C24H33N5O3. The Balaban J connectivity index is 1.12. The van der Waals surface area contributed by atoms with Gasteiger partial charge in [0.2, 0.25) is 5.91 Å². The van der Waals surface area contributed by atoms with Crippen LogP contribution in [0, 0.1) is 5.92 Å². The van der Waals surface area contributed by atoms with Crippen LogP contribution in [0.1, 0.15) is 35.3 Å². The molecule has 0 unspecified atom stereocenters. The molecule has 1 aliphatic carbocycles. The minimum Gasteiger partial charge on any atom is -0.494 e. The lowest BCUT2D eigenvalue weighted by Crippen LogP contribution is -2.53. The maximum atomic E-state index is 12.6. The van der Waals surface area contributed by atoms with Crippen LogP contribution in [-0.2, 0) is 18.3 Å². The van der Waals surface area contributed by atoms with Crippen LogP contribution in [-0.4, -0.2) is 76.4 Å². The molecule has 1 saturated carbocycles. The van der Waals surface area contributed by atoms with Crippen molar-refractivity contribution < 1.29 is 14.3 Å². The number of aromatic nitrogens is 2. The summed E-state index contributed by atoms with van der Waals surface area (Å²) >= 11 is 0. The molecule has 2 aromatic rings. The first-order valence-electron chi connectivity index (χ1n) is 11.5. The topological polar surface area (TPSA) is 93.7 Å². The van der Waals surface area contributed by atoms with Gasteiger partial charge in [0.25, 0.3) is 0 Å². The largest absolute Gasteiger partial charge is 0.494 e. The third-order valence-corrected chi connectivity index (χ3v) is 6.16. The van der Waals surface area contributed by atoms with E-state index in [9.17, 15) is 9.59 Å². The Morgan fingerprint density at radius 2 is 1.88 bits per heavy atom. The summed E-state index contributed by atoms with van der Waals surface area (Å²) < 4.78 is 7.69. The Kier molecular flexibility index (Phi) is 7.22. The Labute approximate surface area is 189 Å². The molecule has 172 valence electrons. The number of ether oxygens (including phenoxy) is 1. The quantitative estimate of drug-likeness (QED) is 0.445. The number of amides is 1. The molecule has 1 aromatic heterocycles. The van der Waals surface area contributed by atoms with E-state index in [1.165, 1.54) is 0 Å². The van der Waals surface area contributed by atoms with Crippen molar-refractivity contribution in [2.45, 2.75) is 31.7 Å². The monoisotopic (exact) mass is 439 g/mol. The van der Waals surface area contributed by atoms with Gasteiger partial charge in [-0.25, -0.2) is 4.98 Å². The molecule has 0 spiro atoms. The second-order valence-electron chi connectivity index (χ2n) is 8.87. The molecule has 0 bridgehead atoms. The van der Waals surface area contributed by atoms with Crippen molar-refractivity contribution in [1.82, 2.24) is 19.4 Å². The number of aryl methyl sites for hydroxylation is 1. The van der Waals surface area contributed by atoms with Gasteiger partial charge in [-0.05, 0) is 43.5 Å². The number of Topliss-reactive ketones (excluding diaryl/α,β-unsaturated/α-hetero) is 1. The summed E-state index contributed by atoms with van der Waals surface area (Å²) in [4.78, 5) is 33.2. The minimum atomic E-state index is -0.546. The van der Waals surface area contributed by atoms with E-state index >= 15 is 0 Å². The molecule has 8 heteroatoms. The lowest BCUT2D eigenvalue weighted by atomic mass is 10.1. The highest BCUT2D eigenvalue weighted by Gasteiger charge is 2.30. The van der Waals surface area contributed by atoms with E-state index in [1.807, 2.05) is 47.0 Å². The number of carbonyl (C=O) groups is 2. The fourth-order valence-electron chi connectivity index (χ4n) is 4.09. The summed E-state index contributed by atoms with van der Waals surface area (Å²) in [6, 6.07) is 6.95. The summed E-state index contributed by atoms with van der Waals surface area (Å²) in [5.41, 5.74) is 7.76. The van der Waals surface area contributed by atoms with Gasteiger partial charge < -0.3 is 19.9 Å². The lowest BCUT2D eigenvalue weighted by Gasteiger charge is -2.35. The first-order chi connectivity index (χ1) is 15.5. The molecule has 8 nitrogen and oxygen atoms in total. The molecule has 32 heavy (non-hydrogen) atoms. The summed E-state index contributed by atoms with van der Waals surface area (Å²) in [6.45, 7) is 4.66. The van der Waals surface area contributed by atoms with Gasteiger partial charge in [-0.2, -0.15) is 0 Å². The van der Waals surface area contributed by atoms with Crippen LogP contribution < -0.4 is 10.5 Å². The van der Waals surface area contributed by atoms with Gasteiger partial charge in [-0.15, -0.1) is 0 Å². The maximum absolute atomic E-state index is 12.6. The van der Waals surface area contributed by atoms with Gasteiger partial charge in [0.05, 0.1) is 24.7 Å². The Morgan fingerprint density at radius 1 is 1.16 bits per heavy atom. The Bertz CT molecular complexity index is 914. The van der Waals surface area contributed by atoms with Crippen LogP contribution in [0.3, 0.4) is 0 Å². The number of rotatable bonds is 10. The smallest absolute Gasteiger partial charge is 0.239 e. The number of carbonyl (C=O) groups excluding carboxylic acids is 2. The predicted octanol–water partition coefficient (Wildman–Crippen LogP) is 1.50. The number of nitrogens with two attached hydrogens (primary N) is 1. The van der Waals surface area contributed by atoms with Gasteiger partial charge in [0.15, 0.2) is 5.78 Å². The molecule has 2 aliphatic rings. The van der Waals surface area contributed by atoms with Gasteiger partial charge in [-0.3, -0.25) is 14.5 Å². The number of imidazole rings is 1. The van der Waals surface area contributed by atoms with Gasteiger partial charge >= 0.3 is 0 Å². The molecule has 2 heterocycles. The van der Waals surface area contributed by atoms with Crippen molar-refractivity contribution in [3.63, 3.8) is 0 Å². The van der Waals surface area contributed by atoms with E-state index in [4.69, 9.17) is 10.5 Å². The SMILES string of the molecule is Cn1cnc(C[C@@H](N)C(=O)N2CCN(CCCOc3ccc(C(=O)C4CC4)cc3)CC2)c1. The number of ketones is 1. The Hall–Kier alpha value is -2.71. The molecule has 1 aromatic carbocycles. The van der Waals surface area contributed by atoms with E-state index < -0.39 is 6.04 Å². The van der Waals surface area contributed by atoms with Crippen molar-refractivity contribution in [1.29, 1.82) is 0 Å².